The van der Waals surface area contributed by atoms with Gasteiger partial charge in [0, 0.05) is 30.8 Å². The Morgan fingerprint density at radius 2 is 2.05 bits per heavy atom. The summed E-state index contributed by atoms with van der Waals surface area (Å²) in [6, 6.07) is 4.98. The van der Waals surface area contributed by atoms with Crippen molar-refractivity contribution >= 4 is 10.0 Å². The first-order chi connectivity index (χ1) is 10.2. The zero-order valence-corrected chi connectivity index (χ0v) is 12.4. The summed E-state index contributed by atoms with van der Waals surface area (Å²) in [5.74, 6) is 0. The summed E-state index contributed by atoms with van der Waals surface area (Å²) >= 11 is 0. The second-order valence-corrected chi connectivity index (χ2v) is 6.97. The molecule has 1 N–H and O–H groups in total. The van der Waals surface area contributed by atoms with E-state index in [1.165, 1.54) is 6.20 Å². The average Bonchev–Trinajstić information content (AvgIpc) is 3.02. The van der Waals surface area contributed by atoms with Crippen LogP contribution in [0.2, 0.25) is 0 Å². The summed E-state index contributed by atoms with van der Waals surface area (Å²) in [6.45, 7) is 0. The van der Waals surface area contributed by atoms with Crippen LogP contribution in [0, 0.1) is 0 Å². The topological polar surface area (TPSA) is 76.9 Å². The summed E-state index contributed by atoms with van der Waals surface area (Å²) in [5.41, 5.74) is 0. The molecule has 0 aromatic carbocycles. The van der Waals surface area contributed by atoms with Gasteiger partial charge in [-0.3, -0.25) is 9.67 Å². The summed E-state index contributed by atoms with van der Waals surface area (Å²) in [4.78, 5) is 4.08. The third-order valence-electron chi connectivity index (χ3n) is 3.85. The van der Waals surface area contributed by atoms with E-state index in [-0.39, 0.29) is 17.0 Å². The Hall–Kier alpha value is -1.73. The first-order valence-electron chi connectivity index (χ1n) is 7.08. The smallest absolute Gasteiger partial charge is 0.242 e. The number of aromatic nitrogens is 3. The molecule has 1 fully saturated rings. The fourth-order valence-electron chi connectivity index (χ4n) is 2.82. The number of rotatable bonds is 4. The Bertz CT molecular complexity index is 670. The van der Waals surface area contributed by atoms with Crippen molar-refractivity contribution in [1.29, 1.82) is 0 Å². The number of sulfonamides is 1. The summed E-state index contributed by atoms with van der Waals surface area (Å²) in [7, 11) is -3.54. The van der Waals surface area contributed by atoms with Gasteiger partial charge >= 0.3 is 0 Å². The van der Waals surface area contributed by atoms with Crippen LogP contribution in [0.1, 0.15) is 31.7 Å². The number of hydrogen-bond acceptors (Lipinski definition) is 4. The molecule has 0 bridgehead atoms. The van der Waals surface area contributed by atoms with Crippen molar-refractivity contribution < 1.29 is 8.42 Å². The van der Waals surface area contributed by atoms with E-state index in [1.54, 1.807) is 24.5 Å². The monoisotopic (exact) mass is 306 g/mol. The van der Waals surface area contributed by atoms with Gasteiger partial charge in [-0.2, -0.15) is 5.10 Å². The van der Waals surface area contributed by atoms with E-state index in [0.29, 0.717) is 0 Å². The highest BCUT2D eigenvalue weighted by Gasteiger charge is 2.30. The van der Waals surface area contributed by atoms with Crippen LogP contribution in [0.15, 0.2) is 47.9 Å². The molecule has 0 spiro atoms. The minimum absolute atomic E-state index is 0.0696. The molecule has 2 aromatic rings. The summed E-state index contributed by atoms with van der Waals surface area (Å²) < 4.78 is 29.5. The van der Waals surface area contributed by atoms with E-state index in [0.717, 1.165) is 25.7 Å². The molecule has 112 valence electrons. The van der Waals surface area contributed by atoms with Gasteiger partial charge in [0.1, 0.15) is 4.90 Å². The molecule has 2 heterocycles. The van der Waals surface area contributed by atoms with Gasteiger partial charge in [0.25, 0.3) is 0 Å². The van der Waals surface area contributed by atoms with Crippen molar-refractivity contribution in [2.75, 3.05) is 0 Å². The SMILES string of the molecule is O=S(=O)(NC1CCCCC1n1cccn1)c1cccnc1. The second-order valence-electron chi connectivity index (χ2n) is 5.25. The van der Waals surface area contributed by atoms with E-state index in [4.69, 9.17) is 0 Å². The van der Waals surface area contributed by atoms with E-state index in [1.807, 2.05) is 16.9 Å². The normalized spacial score (nSPS) is 23.0. The van der Waals surface area contributed by atoms with Crippen LogP contribution in [0.25, 0.3) is 0 Å². The minimum atomic E-state index is -3.54. The van der Waals surface area contributed by atoms with Gasteiger partial charge in [-0.25, -0.2) is 13.1 Å². The molecule has 7 heteroatoms. The lowest BCUT2D eigenvalue weighted by molar-refractivity contribution is 0.270. The standard InChI is InChI=1S/C14H18N4O2S/c19-21(20,12-5-3-8-15-11-12)17-13-6-1-2-7-14(13)18-10-4-9-16-18/h3-5,8-11,13-14,17H,1-2,6-7H2. The number of pyridine rings is 1. The van der Waals surface area contributed by atoms with Gasteiger partial charge in [-0.1, -0.05) is 12.8 Å². The average molecular weight is 306 g/mol. The third-order valence-corrected chi connectivity index (χ3v) is 5.32. The fourth-order valence-corrected chi connectivity index (χ4v) is 4.08. The first kappa shape index (κ1) is 14.2. The molecule has 2 aromatic heterocycles. The van der Waals surface area contributed by atoms with Gasteiger partial charge in [0.05, 0.1) is 6.04 Å². The Morgan fingerprint density at radius 1 is 1.19 bits per heavy atom. The lowest BCUT2D eigenvalue weighted by Crippen LogP contribution is -2.43. The molecule has 0 aliphatic heterocycles. The quantitative estimate of drug-likeness (QED) is 0.933. The van der Waals surface area contributed by atoms with Crippen LogP contribution in [0.5, 0.6) is 0 Å². The van der Waals surface area contributed by atoms with Crippen molar-refractivity contribution in [3.63, 3.8) is 0 Å². The van der Waals surface area contributed by atoms with E-state index >= 15 is 0 Å². The van der Waals surface area contributed by atoms with Gasteiger partial charge in [0.15, 0.2) is 0 Å². The zero-order valence-electron chi connectivity index (χ0n) is 11.6. The molecule has 0 radical (unpaired) electrons. The van der Waals surface area contributed by atoms with Crippen LogP contribution < -0.4 is 4.72 Å². The molecule has 0 amide bonds. The zero-order chi connectivity index (χ0) is 14.7. The molecule has 3 rings (SSSR count). The predicted octanol–water partition coefficient (Wildman–Crippen LogP) is 1.74. The third kappa shape index (κ3) is 3.14. The van der Waals surface area contributed by atoms with Crippen molar-refractivity contribution in [3.05, 3.63) is 43.0 Å². The van der Waals surface area contributed by atoms with Crippen LogP contribution in [0.3, 0.4) is 0 Å². The number of hydrogen-bond donors (Lipinski definition) is 1. The first-order valence-corrected chi connectivity index (χ1v) is 8.56. The van der Waals surface area contributed by atoms with E-state index < -0.39 is 10.0 Å². The molecule has 1 aliphatic carbocycles. The lowest BCUT2D eigenvalue weighted by atomic mass is 9.91. The molecule has 0 saturated heterocycles. The van der Waals surface area contributed by atoms with E-state index in [2.05, 4.69) is 14.8 Å². The highest BCUT2D eigenvalue weighted by atomic mass is 32.2. The maximum atomic E-state index is 12.4. The fraction of sp³-hybridized carbons (Fsp3) is 0.429. The Labute approximate surface area is 124 Å². The summed E-state index contributed by atoms with van der Waals surface area (Å²) in [5, 5.41) is 4.26. The van der Waals surface area contributed by atoms with Crippen LogP contribution in [-0.4, -0.2) is 29.2 Å². The van der Waals surface area contributed by atoms with E-state index in [9.17, 15) is 8.42 Å². The number of nitrogens with one attached hydrogen (secondary N) is 1. The molecular weight excluding hydrogens is 288 g/mol. The van der Waals surface area contributed by atoms with Gasteiger partial charge in [-0.15, -0.1) is 0 Å². The predicted molar refractivity (Wildman–Crippen MR) is 78.1 cm³/mol. The largest absolute Gasteiger partial charge is 0.268 e. The maximum Gasteiger partial charge on any atom is 0.242 e. The molecule has 2 atom stereocenters. The molecule has 2 unspecified atom stereocenters. The summed E-state index contributed by atoms with van der Waals surface area (Å²) in [6.07, 6.45) is 10.4. The van der Waals surface area contributed by atoms with Gasteiger partial charge in [0.2, 0.25) is 10.0 Å². The highest BCUT2D eigenvalue weighted by molar-refractivity contribution is 7.89. The molecular formula is C14H18N4O2S. The molecule has 6 nitrogen and oxygen atoms in total. The van der Waals surface area contributed by atoms with Crippen molar-refractivity contribution in [3.8, 4) is 0 Å². The van der Waals surface area contributed by atoms with Crippen molar-refractivity contribution in [2.24, 2.45) is 0 Å². The minimum Gasteiger partial charge on any atom is -0.268 e. The Kier molecular flexibility index (Phi) is 4.03. The van der Waals surface area contributed by atoms with Crippen LogP contribution in [-0.2, 0) is 10.0 Å². The maximum absolute atomic E-state index is 12.4. The van der Waals surface area contributed by atoms with Gasteiger partial charge < -0.3 is 0 Å². The molecule has 21 heavy (non-hydrogen) atoms. The van der Waals surface area contributed by atoms with Crippen LogP contribution >= 0.6 is 0 Å². The second kappa shape index (κ2) is 5.95. The van der Waals surface area contributed by atoms with Gasteiger partial charge in [-0.05, 0) is 31.0 Å². The Balaban J connectivity index is 1.82. The van der Waals surface area contributed by atoms with Crippen LogP contribution in [0.4, 0.5) is 0 Å². The highest BCUT2D eigenvalue weighted by Crippen LogP contribution is 2.29. The molecule has 1 saturated carbocycles. The number of nitrogens with zero attached hydrogens (tertiary/aromatic N) is 3. The van der Waals surface area contributed by atoms with Crippen molar-refractivity contribution in [2.45, 2.75) is 42.7 Å². The molecule has 1 aliphatic rings. The lowest BCUT2D eigenvalue weighted by Gasteiger charge is -2.32. The Morgan fingerprint density at radius 3 is 2.76 bits per heavy atom. The van der Waals surface area contributed by atoms with Crippen molar-refractivity contribution in [1.82, 2.24) is 19.5 Å².